The molecule has 0 radical (unpaired) electrons. The molecule has 2 atom stereocenters. The van der Waals surface area contributed by atoms with Crippen LogP contribution < -0.4 is 5.32 Å². The monoisotopic (exact) mass is 898 g/mol. The van der Waals surface area contributed by atoms with Gasteiger partial charge in [-0.15, -0.1) is 0 Å². The molecule has 0 aromatic rings. The van der Waals surface area contributed by atoms with Gasteiger partial charge in [-0.2, -0.15) is 0 Å². The molecule has 0 saturated heterocycles. The van der Waals surface area contributed by atoms with Crippen molar-refractivity contribution >= 4 is 5.91 Å². The van der Waals surface area contributed by atoms with Crippen LogP contribution in [0, 0.1) is 0 Å². The Bertz CT molecular complexity index is 974. The van der Waals surface area contributed by atoms with Gasteiger partial charge in [0, 0.05) is 6.42 Å². The molecule has 0 aromatic carbocycles. The summed E-state index contributed by atoms with van der Waals surface area (Å²) < 4.78 is 0. The van der Waals surface area contributed by atoms with Crippen molar-refractivity contribution in [1.82, 2.24) is 5.32 Å². The molecule has 64 heavy (non-hydrogen) atoms. The number of nitrogens with one attached hydrogen (secondary N) is 1. The number of aliphatic hydroxyl groups is 2. The van der Waals surface area contributed by atoms with Crippen molar-refractivity contribution in [1.29, 1.82) is 0 Å². The summed E-state index contributed by atoms with van der Waals surface area (Å²) in [7, 11) is 0. The first kappa shape index (κ1) is 62.6. The van der Waals surface area contributed by atoms with Crippen molar-refractivity contribution in [2.45, 2.75) is 334 Å². The van der Waals surface area contributed by atoms with Crippen LogP contribution in [0.25, 0.3) is 0 Å². The Morgan fingerprint density at radius 1 is 0.359 bits per heavy atom. The molecule has 0 rings (SSSR count). The normalized spacial score (nSPS) is 13.0. The van der Waals surface area contributed by atoms with E-state index < -0.39 is 12.1 Å². The van der Waals surface area contributed by atoms with Gasteiger partial charge >= 0.3 is 0 Å². The Hall–Kier alpha value is -1.39. The molecule has 3 N–H and O–H groups in total. The summed E-state index contributed by atoms with van der Waals surface area (Å²) in [5, 5.41) is 23.1. The van der Waals surface area contributed by atoms with Crippen LogP contribution >= 0.6 is 0 Å². The summed E-state index contributed by atoms with van der Waals surface area (Å²) >= 11 is 0. The predicted octanol–water partition coefficient (Wildman–Crippen LogP) is 19.3. The molecule has 0 heterocycles. The lowest BCUT2D eigenvalue weighted by molar-refractivity contribution is -0.123. The van der Waals surface area contributed by atoms with E-state index in [0.29, 0.717) is 6.42 Å². The average molecular weight is 899 g/mol. The van der Waals surface area contributed by atoms with Crippen molar-refractivity contribution in [3.63, 3.8) is 0 Å². The third-order valence-electron chi connectivity index (χ3n) is 13.6. The van der Waals surface area contributed by atoms with E-state index in [-0.39, 0.29) is 12.5 Å². The highest BCUT2D eigenvalue weighted by Gasteiger charge is 2.18. The van der Waals surface area contributed by atoms with E-state index in [1.165, 1.54) is 263 Å². The van der Waals surface area contributed by atoms with E-state index in [1.807, 2.05) is 6.08 Å². The fraction of sp³-hybridized carbons (Fsp3) is 0.883. The first-order valence-electron chi connectivity index (χ1n) is 29.2. The lowest BCUT2D eigenvalue weighted by Crippen LogP contribution is -2.45. The highest BCUT2D eigenvalue weighted by molar-refractivity contribution is 5.76. The van der Waals surface area contributed by atoms with Crippen molar-refractivity contribution in [2.24, 2.45) is 0 Å². The van der Waals surface area contributed by atoms with Gasteiger partial charge in [-0.1, -0.05) is 307 Å². The van der Waals surface area contributed by atoms with Crippen LogP contribution in [-0.4, -0.2) is 34.9 Å². The summed E-state index contributed by atoms with van der Waals surface area (Å²) in [6.07, 6.45) is 76.2. The van der Waals surface area contributed by atoms with Crippen molar-refractivity contribution in [2.75, 3.05) is 6.61 Å². The lowest BCUT2D eigenvalue weighted by atomic mass is 10.0. The quantitative estimate of drug-likeness (QED) is 0.0421. The minimum atomic E-state index is -0.868. The van der Waals surface area contributed by atoms with Crippen molar-refractivity contribution < 1.29 is 15.0 Å². The standard InChI is InChI=1S/C60H115NO3/c1-3-5-7-9-11-13-15-17-19-21-23-24-25-26-27-28-29-30-31-32-33-34-35-36-37-38-40-42-44-46-48-50-52-54-56-60(64)61-58(57-62)59(63)55-53-51-49-47-45-43-41-39-22-20-18-16-14-12-10-8-6-4-2/h22,39,45,47,53,55,58-59,62-63H,3-21,23-38,40-44,46,48-52,54,56-57H2,1-2H3,(H,61,64)/b39-22+,47-45+,55-53+. The van der Waals surface area contributed by atoms with E-state index >= 15 is 0 Å². The smallest absolute Gasteiger partial charge is 0.220 e. The largest absolute Gasteiger partial charge is 0.394 e. The zero-order chi connectivity index (χ0) is 46.3. The molecule has 0 aliphatic heterocycles. The zero-order valence-electron chi connectivity index (χ0n) is 43.6. The van der Waals surface area contributed by atoms with Crippen LogP contribution in [0.4, 0.5) is 0 Å². The summed E-state index contributed by atoms with van der Waals surface area (Å²) in [4.78, 5) is 12.5. The molecule has 0 aliphatic rings. The molecule has 0 bridgehead atoms. The molecule has 4 nitrogen and oxygen atoms in total. The van der Waals surface area contributed by atoms with Gasteiger partial charge in [-0.25, -0.2) is 0 Å². The fourth-order valence-electron chi connectivity index (χ4n) is 9.16. The van der Waals surface area contributed by atoms with Crippen molar-refractivity contribution in [3.8, 4) is 0 Å². The first-order chi connectivity index (χ1) is 31.7. The van der Waals surface area contributed by atoms with Gasteiger partial charge in [0.15, 0.2) is 0 Å². The molecule has 0 saturated carbocycles. The maximum atomic E-state index is 12.5. The number of hydrogen-bond donors (Lipinski definition) is 3. The molecule has 4 heteroatoms. The SMILES string of the molecule is CCCCCCCCCC/C=C/CC/C=C/CC/C=C/C(O)C(CO)NC(=O)CCCCCCCCCCCCCCCCCCCCCCCCCCCCCCCCCCCC. The molecule has 0 fully saturated rings. The second-order valence-electron chi connectivity index (χ2n) is 20.1. The Morgan fingerprint density at radius 3 is 0.906 bits per heavy atom. The number of allylic oxidation sites excluding steroid dienone is 5. The lowest BCUT2D eigenvalue weighted by Gasteiger charge is -2.19. The number of rotatable bonds is 54. The second-order valence-corrected chi connectivity index (χ2v) is 20.1. The van der Waals surface area contributed by atoms with Gasteiger partial charge in [0.1, 0.15) is 0 Å². The number of hydrogen-bond acceptors (Lipinski definition) is 3. The Balaban J connectivity index is 3.44. The maximum absolute atomic E-state index is 12.5. The molecule has 2 unspecified atom stereocenters. The van der Waals surface area contributed by atoms with Gasteiger partial charge in [0.05, 0.1) is 18.8 Å². The van der Waals surface area contributed by atoms with Crippen molar-refractivity contribution in [3.05, 3.63) is 36.5 Å². The molecular weight excluding hydrogens is 783 g/mol. The van der Waals surface area contributed by atoms with E-state index in [1.54, 1.807) is 6.08 Å². The summed E-state index contributed by atoms with van der Waals surface area (Å²) in [6.45, 7) is 4.32. The van der Waals surface area contributed by atoms with E-state index in [0.717, 1.165) is 38.5 Å². The van der Waals surface area contributed by atoms with Gasteiger partial charge < -0.3 is 15.5 Å². The predicted molar refractivity (Wildman–Crippen MR) is 285 cm³/mol. The summed E-state index contributed by atoms with van der Waals surface area (Å²) in [5.74, 6) is -0.0721. The molecule has 1 amide bonds. The Labute approximate surface area is 402 Å². The number of carbonyl (C=O) groups is 1. The Morgan fingerprint density at radius 2 is 0.609 bits per heavy atom. The minimum Gasteiger partial charge on any atom is -0.394 e. The van der Waals surface area contributed by atoms with E-state index in [4.69, 9.17) is 0 Å². The minimum absolute atomic E-state index is 0.0721. The average Bonchev–Trinajstić information content (AvgIpc) is 3.30. The fourth-order valence-corrected chi connectivity index (χ4v) is 9.16. The van der Waals surface area contributed by atoms with Crippen LogP contribution in [-0.2, 0) is 4.79 Å². The van der Waals surface area contributed by atoms with Crippen LogP contribution in [0.3, 0.4) is 0 Å². The topological polar surface area (TPSA) is 69.6 Å². The third-order valence-corrected chi connectivity index (χ3v) is 13.6. The number of amides is 1. The van der Waals surface area contributed by atoms with Gasteiger partial charge in [0.25, 0.3) is 0 Å². The molecule has 0 aliphatic carbocycles. The molecular formula is C60H115NO3. The zero-order valence-corrected chi connectivity index (χ0v) is 43.6. The summed E-state index contributed by atoms with van der Waals surface area (Å²) in [6, 6.07) is -0.644. The van der Waals surface area contributed by atoms with Crippen LogP contribution in [0.1, 0.15) is 322 Å². The van der Waals surface area contributed by atoms with Crippen LogP contribution in [0.15, 0.2) is 36.5 Å². The molecule has 378 valence electrons. The van der Waals surface area contributed by atoms with Gasteiger partial charge in [0.2, 0.25) is 5.91 Å². The van der Waals surface area contributed by atoms with Crippen LogP contribution in [0.2, 0.25) is 0 Å². The molecule has 0 aromatic heterocycles. The highest BCUT2D eigenvalue weighted by atomic mass is 16.3. The number of aliphatic hydroxyl groups excluding tert-OH is 2. The first-order valence-corrected chi connectivity index (χ1v) is 29.2. The number of unbranched alkanes of at least 4 members (excludes halogenated alkanes) is 43. The molecule has 0 spiro atoms. The Kier molecular flexibility index (Phi) is 54.7. The third kappa shape index (κ3) is 51.6. The summed E-state index contributed by atoms with van der Waals surface area (Å²) in [5.41, 5.74) is 0. The van der Waals surface area contributed by atoms with Gasteiger partial charge in [-0.05, 0) is 44.9 Å². The number of carbonyl (C=O) groups excluding carboxylic acids is 1. The second kappa shape index (κ2) is 55.9. The maximum Gasteiger partial charge on any atom is 0.220 e. The van der Waals surface area contributed by atoms with Crippen LogP contribution in [0.5, 0.6) is 0 Å². The van der Waals surface area contributed by atoms with Gasteiger partial charge in [-0.3, -0.25) is 4.79 Å². The van der Waals surface area contributed by atoms with E-state index in [2.05, 4.69) is 43.5 Å². The van der Waals surface area contributed by atoms with E-state index in [9.17, 15) is 15.0 Å². The highest BCUT2D eigenvalue weighted by Crippen LogP contribution is 2.18.